The first-order valence-corrected chi connectivity index (χ1v) is 6.70. The predicted octanol–water partition coefficient (Wildman–Crippen LogP) is 2.39. The molecule has 1 atom stereocenters. The van der Waals surface area contributed by atoms with Crippen molar-refractivity contribution >= 4 is 11.9 Å². The molecule has 122 valence electrons. The van der Waals surface area contributed by atoms with Crippen molar-refractivity contribution in [2.75, 3.05) is 20.3 Å². The fourth-order valence-electron chi connectivity index (χ4n) is 2.86. The van der Waals surface area contributed by atoms with Gasteiger partial charge in [-0.05, 0) is 25.2 Å². The highest BCUT2D eigenvalue weighted by atomic mass is 19.4. The lowest BCUT2D eigenvalue weighted by molar-refractivity contribution is -0.182. The molecule has 1 N–H and O–H groups in total. The normalized spacial score (nSPS) is 19.2. The fourth-order valence-corrected chi connectivity index (χ4v) is 2.86. The minimum absolute atomic E-state index is 0.324. The van der Waals surface area contributed by atoms with Gasteiger partial charge in [0.05, 0.1) is 7.11 Å². The average molecular weight is 312 g/mol. The molecule has 21 heavy (non-hydrogen) atoms. The summed E-state index contributed by atoms with van der Waals surface area (Å²) in [7, 11) is 1.07. The number of hydrogen-bond donors (Lipinski definition) is 1. The molecule has 0 aliphatic heterocycles. The number of ether oxygens (including phenoxy) is 2. The molecule has 0 aromatic rings. The monoisotopic (exact) mass is 312 g/mol. The zero-order valence-electron chi connectivity index (χ0n) is 11.7. The van der Waals surface area contributed by atoms with Crippen LogP contribution in [0.4, 0.5) is 13.2 Å². The maximum atomic E-state index is 12.0. The number of hydrogen-bond acceptors (Lipinski definition) is 4. The van der Waals surface area contributed by atoms with Crippen molar-refractivity contribution in [1.82, 2.24) is 0 Å². The maximum Gasteiger partial charge on any atom is 0.411 e. The second kappa shape index (κ2) is 7.11. The lowest BCUT2D eigenvalue weighted by atomic mass is 9.72. The summed E-state index contributed by atoms with van der Waals surface area (Å²) in [6.07, 6.45) is -2.14. The second-order valence-corrected chi connectivity index (χ2v) is 5.17. The highest BCUT2D eigenvalue weighted by molar-refractivity contribution is 5.99. The fraction of sp³-hybridized carbons (Fsp3) is 0.846. The van der Waals surface area contributed by atoms with E-state index >= 15 is 0 Å². The largest absolute Gasteiger partial charge is 0.480 e. The Labute approximate surface area is 120 Å². The summed E-state index contributed by atoms with van der Waals surface area (Å²) in [6.45, 7) is -1.92. The van der Waals surface area contributed by atoms with Crippen LogP contribution in [0.3, 0.4) is 0 Å². The Kier molecular flexibility index (Phi) is 6.00. The van der Waals surface area contributed by atoms with Crippen molar-refractivity contribution in [1.29, 1.82) is 0 Å². The lowest BCUT2D eigenvalue weighted by Gasteiger charge is -2.32. The number of halogens is 3. The van der Waals surface area contributed by atoms with Crippen LogP contribution < -0.4 is 0 Å². The summed E-state index contributed by atoms with van der Waals surface area (Å²) in [4.78, 5) is 23.6. The highest BCUT2D eigenvalue weighted by Crippen LogP contribution is 2.43. The number of esters is 1. The number of carbonyl (C=O) groups is 2. The number of carbonyl (C=O) groups excluding carboxylic acids is 1. The first-order chi connectivity index (χ1) is 9.74. The Morgan fingerprint density at radius 3 is 2.24 bits per heavy atom. The van der Waals surface area contributed by atoms with Gasteiger partial charge in [0.25, 0.3) is 0 Å². The van der Waals surface area contributed by atoms with Crippen LogP contribution in [0, 0.1) is 11.3 Å². The summed E-state index contributed by atoms with van der Waals surface area (Å²) in [5, 5.41) is 9.47. The molecule has 1 aliphatic rings. The molecule has 0 spiro atoms. The maximum absolute atomic E-state index is 12.0. The summed E-state index contributed by atoms with van der Waals surface area (Å²) in [5.41, 5.74) is -1.82. The van der Waals surface area contributed by atoms with E-state index in [9.17, 15) is 27.9 Å². The van der Waals surface area contributed by atoms with Gasteiger partial charge in [0.15, 0.2) is 5.41 Å². The van der Waals surface area contributed by atoms with Crippen molar-refractivity contribution in [3.8, 4) is 0 Å². The molecule has 1 saturated carbocycles. The van der Waals surface area contributed by atoms with Gasteiger partial charge < -0.3 is 14.6 Å². The van der Waals surface area contributed by atoms with Crippen LogP contribution in [0.2, 0.25) is 0 Å². The van der Waals surface area contributed by atoms with Crippen LogP contribution in [0.5, 0.6) is 0 Å². The summed E-state index contributed by atoms with van der Waals surface area (Å²) in [6, 6.07) is 0. The molecule has 0 saturated heterocycles. The Morgan fingerprint density at radius 2 is 1.81 bits per heavy atom. The Bertz CT molecular complexity index is 376. The number of rotatable bonds is 7. The van der Waals surface area contributed by atoms with E-state index < -0.39 is 42.7 Å². The molecular formula is C13H19F3O5. The number of methoxy groups -OCH3 is 1. The highest BCUT2D eigenvalue weighted by Gasteiger charge is 2.53. The summed E-state index contributed by atoms with van der Waals surface area (Å²) in [5.74, 6) is -2.72. The van der Waals surface area contributed by atoms with E-state index in [-0.39, 0.29) is 6.42 Å². The quantitative estimate of drug-likeness (QED) is 0.444. The lowest BCUT2D eigenvalue weighted by Crippen LogP contribution is -2.46. The zero-order valence-corrected chi connectivity index (χ0v) is 11.7. The molecule has 0 amide bonds. The van der Waals surface area contributed by atoms with Gasteiger partial charge in [0.2, 0.25) is 0 Å². The summed E-state index contributed by atoms with van der Waals surface area (Å²) < 4.78 is 45.1. The van der Waals surface area contributed by atoms with Gasteiger partial charge in [-0.25, -0.2) is 0 Å². The van der Waals surface area contributed by atoms with Crippen LogP contribution in [-0.2, 0) is 19.1 Å². The summed E-state index contributed by atoms with van der Waals surface area (Å²) >= 11 is 0. The van der Waals surface area contributed by atoms with Crippen LogP contribution in [0.25, 0.3) is 0 Å². The number of aliphatic carboxylic acids is 1. The zero-order chi connectivity index (χ0) is 16.1. The molecule has 0 bridgehead atoms. The minimum atomic E-state index is -4.48. The first kappa shape index (κ1) is 17.7. The number of carboxylic acids is 1. The van der Waals surface area contributed by atoms with Gasteiger partial charge >= 0.3 is 18.1 Å². The van der Waals surface area contributed by atoms with Crippen LogP contribution in [0.1, 0.15) is 32.1 Å². The van der Waals surface area contributed by atoms with Crippen LogP contribution in [-0.4, -0.2) is 43.5 Å². The topological polar surface area (TPSA) is 72.8 Å². The van der Waals surface area contributed by atoms with Crippen molar-refractivity contribution in [2.45, 2.75) is 38.3 Å². The molecule has 5 nitrogen and oxygen atoms in total. The van der Waals surface area contributed by atoms with Gasteiger partial charge in [-0.15, -0.1) is 0 Å². The van der Waals surface area contributed by atoms with Crippen molar-refractivity contribution in [3.05, 3.63) is 0 Å². The molecular weight excluding hydrogens is 293 g/mol. The van der Waals surface area contributed by atoms with E-state index in [4.69, 9.17) is 0 Å². The SMILES string of the molecule is COC(=O)C(CCOCC(F)(F)F)(C(=O)O)C1CCCC1. The van der Waals surface area contributed by atoms with E-state index in [0.29, 0.717) is 12.8 Å². The van der Waals surface area contributed by atoms with E-state index in [0.717, 1.165) is 20.0 Å². The van der Waals surface area contributed by atoms with Gasteiger partial charge in [-0.2, -0.15) is 13.2 Å². The van der Waals surface area contributed by atoms with Gasteiger partial charge in [0.1, 0.15) is 6.61 Å². The smallest absolute Gasteiger partial charge is 0.411 e. The van der Waals surface area contributed by atoms with Gasteiger partial charge in [-0.3, -0.25) is 9.59 Å². The molecule has 0 aromatic heterocycles. The van der Waals surface area contributed by atoms with E-state index in [1.54, 1.807) is 0 Å². The van der Waals surface area contributed by atoms with Gasteiger partial charge in [0, 0.05) is 6.61 Å². The second-order valence-electron chi connectivity index (χ2n) is 5.17. The van der Waals surface area contributed by atoms with E-state index in [1.807, 2.05) is 0 Å². The van der Waals surface area contributed by atoms with Crippen LogP contribution in [0.15, 0.2) is 0 Å². The van der Waals surface area contributed by atoms with Crippen LogP contribution >= 0.6 is 0 Å². The molecule has 1 unspecified atom stereocenters. The minimum Gasteiger partial charge on any atom is -0.480 e. The molecule has 0 heterocycles. The Hall–Kier alpha value is -1.31. The predicted molar refractivity (Wildman–Crippen MR) is 65.5 cm³/mol. The molecule has 0 radical (unpaired) electrons. The molecule has 1 rings (SSSR count). The van der Waals surface area contributed by atoms with Gasteiger partial charge in [-0.1, -0.05) is 12.8 Å². The molecule has 1 aliphatic carbocycles. The third-order valence-corrected chi connectivity index (χ3v) is 3.89. The van der Waals surface area contributed by atoms with E-state index in [1.165, 1.54) is 0 Å². The van der Waals surface area contributed by atoms with E-state index in [2.05, 4.69) is 9.47 Å². The molecule has 0 aromatic carbocycles. The Balaban J connectivity index is 2.80. The molecule has 1 fully saturated rings. The van der Waals surface area contributed by atoms with Crippen molar-refractivity contribution in [3.63, 3.8) is 0 Å². The number of alkyl halides is 3. The third-order valence-electron chi connectivity index (χ3n) is 3.89. The molecule has 8 heteroatoms. The third kappa shape index (κ3) is 4.33. The first-order valence-electron chi connectivity index (χ1n) is 6.70. The Morgan fingerprint density at radius 1 is 1.24 bits per heavy atom. The van der Waals surface area contributed by atoms with Crippen molar-refractivity contribution < 1.29 is 37.3 Å². The van der Waals surface area contributed by atoms with Crippen molar-refractivity contribution in [2.24, 2.45) is 11.3 Å². The standard InChI is InChI=1S/C13H19F3O5/c1-20-11(19)12(10(17)18,9-4-2-3-5-9)6-7-21-8-13(14,15)16/h9H,2-8H2,1H3,(H,17,18). The average Bonchev–Trinajstić information content (AvgIpc) is 2.90. The number of carboxylic acid groups (broad SMARTS) is 1.